The Bertz CT molecular complexity index is 1110. The summed E-state index contributed by atoms with van der Waals surface area (Å²) in [6.45, 7) is 0.441. The molecule has 32 heavy (non-hydrogen) atoms. The molecule has 0 radical (unpaired) electrons. The van der Waals surface area contributed by atoms with E-state index in [0.29, 0.717) is 28.9 Å². The van der Waals surface area contributed by atoms with Crippen LogP contribution in [-0.2, 0) is 11.3 Å². The summed E-state index contributed by atoms with van der Waals surface area (Å²) in [5.74, 6) is -1.09. The maximum Gasteiger partial charge on any atom is 0.337 e. The third kappa shape index (κ3) is 6.23. The van der Waals surface area contributed by atoms with Crippen LogP contribution in [0.1, 0.15) is 36.6 Å². The first kappa shape index (κ1) is 22.6. The summed E-state index contributed by atoms with van der Waals surface area (Å²) < 4.78 is 4.63. The Morgan fingerprint density at radius 1 is 0.781 bits per heavy atom. The molecule has 0 aliphatic rings. The molecule has 0 spiro atoms. The van der Waals surface area contributed by atoms with Gasteiger partial charge in [0.2, 0.25) is 0 Å². The molecule has 0 heterocycles. The number of hydrogen-bond donors (Lipinski definition) is 3. The molecular formula is C24H21N3O4S. The van der Waals surface area contributed by atoms with Crippen LogP contribution in [0.25, 0.3) is 0 Å². The summed E-state index contributed by atoms with van der Waals surface area (Å²) in [7, 11) is 1.29. The average Bonchev–Trinajstić information content (AvgIpc) is 2.83. The van der Waals surface area contributed by atoms with Crippen LogP contribution in [-0.4, -0.2) is 30.0 Å². The molecule has 0 saturated carbocycles. The van der Waals surface area contributed by atoms with Crippen molar-refractivity contribution < 1.29 is 19.1 Å². The Morgan fingerprint density at radius 3 is 1.97 bits per heavy atom. The number of rotatable bonds is 6. The lowest BCUT2D eigenvalue weighted by Gasteiger charge is -2.11. The molecule has 3 N–H and O–H groups in total. The predicted molar refractivity (Wildman–Crippen MR) is 126 cm³/mol. The van der Waals surface area contributed by atoms with Gasteiger partial charge in [0.05, 0.1) is 12.7 Å². The molecule has 0 aliphatic heterocycles. The van der Waals surface area contributed by atoms with Crippen LogP contribution in [0.5, 0.6) is 0 Å². The summed E-state index contributed by atoms with van der Waals surface area (Å²) in [5, 5.41) is 8.44. The van der Waals surface area contributed by atoms with E-state index < -0.39 is 11.9 Å². The van der Waals surface area contributed by atoms with E-state index in [2.05, 4.69) is 20.7 Å². The van der Waals surface area contributed by atoms with Crippen molar-refractivity contribution in [3.8, 4) is 0 Å². The number of amides is 2. The number of hydrogen-bond acceptors (Lipinski definition) is 5. The summed E-state index contributed by atoms with van der Waals surface area (Å²) >= 11 is 5.18. The molecule has 3 aromatic carbocycles. The van der Waals surface area contributed by atoms with E-state index in [4.69, 9.17) is 12.2 Å². The number of nitrogens with one attached hydrogen (secondary N) is 3. The van der Waals surface area contributed by atoms with Gasteiger partial charge in [-0.3, -0.25) is 14.9 Å². The van der Waals surface area contributed by atoms with Crippen LogP contribution in [0.15, 0.2) is 78.9 Å². The van der Waals surface area contributed by atoms with Crippen LogP contribution in [0.3, 0.4) is 0 Å². The minimum absolute atomic E-state index is 0.105. The zero-order valence-corrected chi connectivity index (χ0v) is 18.1. The topological polar surface area (TPSA) is 96.5 Å². The average molecular weight is 448 g/mol. The number of carbonyl (C=O) groups excluding carboxylic acids is 3. The highest BCUT2D eigenvalue weighted by molar-refractivity contribution is 7.80. The van der Waals surface area contributed by atoms with E-state index in [-0.39, 0.29) is 11.0 Å². The lowest BCUT2D eigenvalue weighted by Crippen LogP contribution is -2.34. The minimum Gasteiger partial charge on any atom is -0.465 e. The van der Waals surface area contributed by atoms with Gasteiger partial charge in [-0.1, -0.05) is 30.3 Å². The molecule has 0 atom stereocenters. The van der Waals surface area contributed by atoms with E-state index in [1.165, 1.54) is 31.4 Å². The maximum atomic E-state index is 12.3. The van der Waals surface area contributed by atoms with Gasteiger partial charge in [0.15, 0.2) is 5.11 Å². The molecular weight excluding hydrogens is 426 g/mol. The van der Waals surface area contributed by atoms with Gasteiger partial charge in [-0.2, -0.15) is 0 Å². The van der Waals surface area contributed by atoms with Crippen molar-refractivity contribution in [3.63, 3.8) is 0 Å². The van der Waals surface area contributed by atoms with Gasteiger partial charge < -0.3 is 15.4 Å². The Labute approximate surface area is 190 Å². The van der Waals surface area contributed by atoms with Gasteiger partial charge in [-0.25, -0.2) is 4.79 Å². The predicted octanol–water partition coefficient (Wildman–Crippen LogP) is 3.53. The highest BCUT2D eigenvalue weighted by Crippen LogP contribution is 2.11. The Balaban J connectivity index is 1.51. The molecule has 0 fully saturated rings. The van der Waals surface area contributed by atoms with E-state index in [1.807, 2.05) is 30.3 Å². The quantitative estimate of drug-likeness (QED) is 0.395. The fourth-order valence-corrected chi connectivity index (χ4v) is 3.01. The van der Waals surface area contributed by atoms with Gasteiger partial charge in [0.1, 0.15) is 0 Å². The number of carbonyl (C=O) groups is 3. The molecule has 0 unspecified atom stereocenters. The largest absolute Gasteiger partial charge is 0.465 e. The van der Waals surface area contributed by atoms with E-state index in [1.54, 1.807) is 24.3 Å². The first-order valence-corrected chi connectivity index (χ1v) is 10.1. The smallest absolute Gasteiger partial charge is 0.337 e. The summed E-state index contributed by atoms with van der Waals surface area (Å²) in [6, 6.07) is 22.4. The van der Waals surface area contributed by atoms with Crippen LogP contribution in [0, 0.1) is 0 Å². The van der Waals surface area contributed by atoms with Crippen molar-refractivity contribution >= 4 is 40.8 Å². The van der Waals surface area contributed by atoms with Gasteiger partial charge in [-0.15, -0.1) is 0 Å². The number of benzene rings is 3. The zero-order chi connectivity index (χ0) is 22.9. The summed E-state index contributed by atoms with van der Waals surface area (Å²) in [5.41, 5.74) is 2.83. The lowest BCUT2D eigenvalue weighted by atomic mass is 10.1. The normalized spacial score (nSPS) is 10.0. The molecule has 0 aromatic heterocycles. The molecule has 0 saturated heterocycles. The van der Waals surface area contributed by atoms with E-state index in [0.717, 1.165) is 5.56 Å². The fourth-order valence-electron chi connectivity index (χ4n) is 2.80. The standard InChI is InChI=1S/C24H21N3O4S/c1-31-23(30)19-9-7-18(8-10-19)22(29)27-24(32)26-20-13-11-17(12-14-20)21(28)25-15-16-5-3-2-4-6-16/h2-14H,15H2,1H3,(H,25,28)(H2,26,27,29,32). The molecule has 162 valence electrons. The van der Waals surface area contributed by atoms with E-state index >= 15 is 0 Å². The second-order valence-electron chi connectivity index (χ2n) is 6.72. The van der Waals surface area contributed by atoms with Crippen LogP contribution in [0.2, 0.25) is 0 Å². The Kier molecular flexibility index (Phi) is 7.66. The van der Waals surface area contributed by atoms with Gasteiger partial charge >= 0.3 is 5.97 Å². The molecule has 0 bridgehead atoms. The molecule has 3 aromatic rings. The second-order valence-corrected chi connectivity index (χ2v) is 7.13. The van der Waals surface area contributed by atoms with Gasteiger partial charge in [-0.05, 0) is 66.3 Å². The van der Waals surface area contributed by atoms with E-state index in [9.17, 15) is 14.4 Å². The van der Waals surface area contributed by atoms with Crippen molar-refractivity contribution in [2.45, 2.75) is 6.54 Å². The van der Waals surface area contributed by atoms with Crippen molar-refractivity contribution in [1.29, 1.82) is 0 Å². The number of esters is 1. The highest BCUT2D eigenvalue weighted by Gasteiger charge is 2.11. The molecule has 8 heteroatoms. The number of anilines is 1. The summed E-state index contributed by atoms with van der Waals surface area (Å²) in [4.78, 5) is 36.1. The van der Waals surface area contributed by atoms with Gasteiger partial charge in [0, 0.05) is 23.4 Å². The van der Waals surface area contributed by atoms with Crippen LogP contribution in [0.4, 0.5) is 5.69 Å². The first-order chi connectivity index (χ1) is 15.5. The van der Waals surface area contributed by atoms with Crippen molar-refractivity contribution in [3.05, 3.63) is 101 Å². The molecule has 7 nitrogen and oxygen atoms in total. The fraction of sp³-hybridized carbons (Fsp3) is 0.0833. The molecule has 2 amide bonds. The third-order valence-electron chi connectivity index (χ3n) is 4.50. The Hall–Kier alpha value is -4.04. The minimum atomic E-state index is -0.480. The Morgan fingerprint density at radius 2 is 1.34 bits per heavy atom. The van der Waals surface area contributed by atoms with Crippen molar-refractivity contribution in [2.75, 3.05) is 12.4 Å². The highest BCUT2D eigenvalue weighted by atomic mass is 32.1. The lowest BCUT2D eigenvalue weighted by molar-refractivity contribution is 0.0600. The van der Waals surface area contributed by atoms with Crippen LogP contribution < -0.4 is 16.0 Å². The van der Waals surface area contributed by atoms with Gasteiger partial charge in [0.25, 0.3) is 11.8 Å². The monoisotopic (exact) mass is 447 g/mol. The number of methoxy groups -OCH3 is 1. The molecule has 3 rings (SSSR count). The first-order valence-electron chi connectivity index (χ1n) is 9.69. The summed E-state index contributed by atoms with van der Waals surface area (Å²) in [6.07, 6.45) is 0. The number of ether oxygens (including phenoxy) is 1. The number of thiocarbonyl (C=S) groups is 1. The van der Waals surface area contributed by atoms with Crippen LogP contribution >= 0.6 is 12.2 Å². The maximum absolute atomic E-state index is 12.3. The van der Waals surface area contributed by atoms with Crippen molar-refractivity contribution in [1.82, 2.24) is 10.6 Å². The SMILES string of the molecule is COC(=O)c1ccc(C(=O)NC(=S)Nc2ccc(C(=O)NCc3ccccc3)cc2)cc1. The molecule has 0 aliphatic carbocycles. The third-order valence-corrected chi connectivity index (χ3v) is 4.70. The second kappa shape index (κ2) is 10.8. The van der Waals surface area contributed by atoms with Crippen molar-refractivity contribution in [2.24, 2.45) is 0 Å². The zero-order valence-electron chi connectivity index (χ0n) is 17.3.